The SMILES string of the molecule is C#C.COc1cc2c(cc1CN1CCN(C(C)(C)C)CC1)-c1nc(-c3nc(C)nn3C(C)C)cn1CCO2. The molecule has 2 aliphatic heterocycles. The average molecular weight is 520 g/mol. The molecule has 2 aliphatic rings. The summed E-state index contributed by atoms with van der Waals surface area (Å²) in [5, 5.41) is 4.58. The van der Waals surface area contributed by atoms with Gasteiger partial charge in [-0.1, -0.05) is 0 Å². The van der Waals surface area contributed by atoms with Crippen LogP contribution in [-0.2, 0) is 13.1 Å². The number of aryl methyl sites for hydroxylation is 1. The third-order valence-corrected chi connectivity index (χ3v) is 7.16. The van der Waals surface area contributed by atoms with Crippen molar-refractivity contribution in [2.24, 2.45) is 0 Å². The number of nitrogens with zero attached hydrogens (tertiary/aromatic N) is 7. The molecule has 0 unspecified atom stereocenters. The van der Waals surface area contributed by atoms with Crippen LogP contribution in [0.3, 0.4) is 0 Å². The Hall–Kier alpha value is -3.35. The van der Waals surface area contributed by atoms with Crippen molar-refractivity contribution in [1.82, 2.24) is 34.1 Å². The molecule has 1 saturated heterocycles. The molecule has 1 fully saturated rings. The lowest BCUT2D eigenvalue weighted by Crippen LogP contribution is -2.53. The predicted molar refractivity (Wildman–Crippen MR) is 150 cm³/mol. The highest BCUT2D eigenvalue weighted by Crippen LogP contribution is 2.39. The molecule has 3 aromatic rings. The maximum Gasteiger partial charge on any atom is 0.178 e. The van der Waals surface area contributed by atoms with Gasteiger partial charge in [-0.15, -0.1) is 12.8 Å². The first-order chi connectivity index (χ1) is 18.1. The van der Waals surface area contributed by atoms with Crippen molar-refractivity contribution in [3.05, 3.63) is 29.7 Å². The van der Waals surface area contributed by atoms with Gasteiger partial charge in [-0.2, -0.15) is 5.10 Å². The molecule has 0 saturated carbocycles. The van der Waals surface area contributed by atoms with E-state index in [4.69, 9.17) is 14.5 Å². The van der Waals surface area contributed by atoms with Crippen LogP contribution in [0.4, 0.5) is 0 Å². The van der Waals surface area contributed by atoms with Crippen LogP contribution in [0.1, 0.15) is 52.0 Å². The Balaban J connectivity index is 0.00000164. The fraction of sp³-hybridized carbons (Fsp3) is 0.552. The van der Waals surface area contributed by atoms with Gasteiger partial charge >= 0.3 is 0 Å². The van der Waals surface area contributed by atoms with Crippen LogP contribution in [0.25, 0.3) is 22.9 Å². The number of hydrogen-bond acceptors (Lipinski definition) is 7. The number of aromatic nitrogens is 5. The first-order valence-corrected chi connectivity index (χ1v) is 13.3. The van der Waals surface area contributed by atoms with E-state index in [1.165, 1.54) is 0 Å². The molecule has 5 rings (SSSR count). The van der Waals surface area contributed by atoms with Crippen LogP contribution in [0.5, 0.6) is 11.5 Å². The van der Waals surface area contributed by atoms with Crippen LogP contribution in [0.15, 0.2) is 18.3 Å². The van der Waals surface area contributed by atoms with E-state index in [0.717, 1.165) is 85.1 Å². The van der Waals surface area contributed by atoms with Crippen LogP contribution in [-0.4, -0.2) is 79.5 Å². The minimum atomic E-state index is 0.202. The highest BCUT2D eigenvalue weighted by molar-refractivity contribution is 5.71. The minimum Gasteiger partial charge on any atom is -0.496 e. The molecule has 9 heteroatoms. The summed E-state index contributed by atoms with van der Waals surface area (Å²) < 4.78 is 16.1. The molecule has 0 amide bonds. The monoisotopic (exact) mass is 519 g/mol. The van der Waals surface area contributed by atoms with Crippen LogP contribution >= 0.6 is 0 Å². The van der Waals surface area contributed by atoms with Gasteiger partial charge < -0.3 is 14.0 Å². The number of fused-ring (bicyclic) bond motifs is 3. The summed E-state index contributed by atoms with van der Waals surface area (Å²) in [6.45, 7) is 19.4. The molecule has 4 heterocycles. The predicted octanol–water partition coefficient (Wildman–Crippen LogP) is 4.26. The second-order valence-corrected chi connectivity index (χ2v) is 11.1. The van der Waals surface area contributed by atoms with Crippen molar-refractivity contribution in [2.75, 3.05) is 39.9 Å². The van der Waals surface area contributed by atoms with Crippen LogP contribution < -0.4 is 9.47 Å². The number of ether oxygens (including phenoxy) is 2. The standard InChI is InChI=1S/C27H39N7O2.C2H2/c1-18(2)34-26(28-19(3)30-34)22-17-32-12-13-36-24-15-23(35-7)20(14-21(24)25(32)29-22)16-31-8-10-33(11-9-31)27(4,5)6;1-2/h14-15,17-18H,8-13,16H2,1-7H3;1-2H. The molecule has 38 heavy (non-hydrogen) atoms. The average Bonchev–Trinajstić information content (AvgIpc) is 3.45. The highest BCUT2D eigenvalue weighted by Gasteiger charge is 2.28. The quantitative estimate of drug-likeness (QED) is 0.466. The van der Waals surface area contributed by atoms with Crippen molar-refractivity contribution in [3.8, 4) is 47.3 Å². The number of imidazole rings is 1. The van der Waals surface area contributed by atoms with Gasteiger partial charge in [0.05, 0.1) is 19.2 Å². The summed E-state index contributed by atoms with van der Waals surface area (Å²) in [5.74, 6) is 4.13. The van der Waals surface area contributed by atoms with Gasteiger partial charge in [0.25, 0.3) is 0 Å². The van der Waals surface area contributed by atoms with E-state index in [2.05, 4.69) is 84.2 Å². The third kappa shape index (κ3) is 5.57. The van der Waals surface area contributed by atoms with Gasteiger partial charge in [0, 0.05) is 62.1 Å². The second kappa shape index (κ2) is 11.2. The molecule has 0 spiro atoms. The van der Waals surface area contributed by atoms with Gasteiger partial charge in [0.2, 0.25) is 0 Å². The molecule has 0 bridgehead atoms. The van der Waals surface area contributed by atoms with Crippen molar-refractivity contribution < 1.29 is 9.47 Å². The van der Waals surface area contributed by atoms with E-state index >= 15 is 0 Å². The Bertz CT molecular complexity index is 1270. The molecule has 0 N–H and O–H groups in total. The lowest BCUT2D eigenvalue weighted by molar-refractivity contribution is 0.0588. The zero-order valence-corrected chi connectivity index (χ0v) is 23.9. The Kier molecular flexibility index (Phi) is 8.14. The molecule has 2 aromatic heterocycles. The Morgan fingerprint density at radius 1 is 1.03 bits per heavy atom. The Morgan fingerprint density at radius 3 is 2.37 bits per heavy atom. The van der Waals surface area contributed by atoms with E-state index in [1.54, 1.807) is 7.11 Å². The molecule has 204 valence electrons. The first kappa shape index (κ1) is 27.7. The zero-order chi connectivity index (χ0) is 27.6. The summed E-state index contributed by atoms with van der Waals surface area (Å²) in [7, 11) is 1.74. The number of hydrogen-bond donors (Lipinski definition) is 0. The van der Waals surface area contributed by atoms with Gasteiger partial charge in [0.1, 0.15) is 35.4 Å². The topological polar surface area (TPSA) is 73.5 Å². The number of terminal acetylenes is 1. The fourth-order valence-corrected chi connectivity index (χ4v) is 5.16. The van der Waals surface area contributed by atoms with Gasteiger partial charge in [-0.05, 0) is 47.6 Å². The number of benzene rings is 1. The minimum absolute atomic E-state index is 0.202. The van der Waals surface area contributed by atoms with Gasteiger partial charge in [0.15, 0.2) is 5.82 Å². The normalized spacial score (nSPS) is 16.2. The van der Waals surface area contributed by atoms with Gasteiger partial charge in [-0.25, -0.2) is 14.6 Å². The van der Waals surface area contributed by atoms with E-state index in [0.29, 0.717) is 6.61 Å². The molecular weight excluding hydrogens is 478 g/mol. The fourth-order valence-electron chi connectivity index (χ4n) is 5.16. The van der Waals surface area contributed by atoms with Crippen molar-refractivity contribution in [2.45, 2.75) is 66.2 Å². The second-order valence-electron chi connectivity index (χ2n) is 11.1. The number of piperazine rings is 1. The van der Waals surface area contributed by atoms with Crippen LogP contribution in [0, 0.1) is 19.8 Å². The number of rotatable bonds is 5. The lowest BCUT2D eigenvalue weighted by atomic mass is 10.0. The summed E-state index contributed by atoms with van der Waals surface area (Å²) in [5.41, 5.74) is 3.19. The molecule has 1 aromatic carbocycles. The lowest BCUT2D eigenvalue weighted by Gasteiger charge is -2.42. The Morgan fingerprint density at radius 2 is 1.74 bits per heavy atom. The summed E-state index contributed by atoms with van der Waals surface area (Å²) >= 11 is 0. The maximum atomic E-state index is 6.15. The van der Waals surface area contributed by atoms with Crippen molar-refractivity contribution in [3.63, 3.8) is 0 Å². The van der Waals surface area contributed by atoms with E-state index in [1.807, 2.05) is 17.7 Å². The van der Waals surface area contributed by atoms with E-state index in [-0.39, 0.29) is 11.6 Å². The van der Waals surface area contributed by atoms with Crippen molar-refractivity contribution in [1.29, 1.82) is 0 Å². The summed E-state index contributed by atoms with van der Waals surface area (Å²) in [6, 6.07) is 4.44. The van der Waals surface area contributed by atoms with E-state index in [9.17, 15) is 0 Å². The largest absolute Gasteiger partial charge is 0.496 e. The third-order valence-electron chi connectivity index (χ3n) is 7.16. The van der Waals surface area contributed by atoms with Crippen LogP contribution in [0.2, 0.25) is 0 Å². The molecule has 0 radical (unpaired) electrons. The maximum absolute atomic E-state index is 6.15. The molecule has 0 atom stereocenters. The van der Waals surface area contributed by atoms with E-state index < -0.39 is 0 Å². The summed E-state index contributed by atoms with van der Waals surface area (Å²) in [4.78, 5) is 14.8. The molecule has 9 nitrogen and oxygen atoms in total. The first-order valence-electron chi connectivity index (χ1n) is 13.3. The van der Waals surface area contributed by atoms with Gasteiger partial charge in [-0.3, -0.25) is 9.80 Å². The highest BCUT2D eigenvalue weighted by atomic mass is 16.5. The zero-order valence-electron chi connectivity index (χ0n) is 23.9. The number of methoxy groups -OCH3 is 1. The Labute approximate surface area is 226 Å². The molecule has 0 aliphatic carbocycles. The smallest absolute Gasteiger partial charge is 0.178 e. The molecular formula is C29H41N7O2. The van der Waals surface area contributed by atoms with Crippen molar-refractivity contribution >= 4 is 0 Å². The summed E-state index contributed by atoms with van der Waals surface area (Å²) in [6.07, 6.45) is 10.1.